The minimum absolute atomic E-state index is 0.324. The lowest BCUT2D eigenvalue weighted by Gasteiger charge is -2.21. The van der Waals surface area contributed by atoms with E-state index >= 15 is 0 Å². The number of fused-ring (bicyclic) bond motifs is 1. The maximum atomic E-state index is 9.53. The zero-order chi connectivity index (χ0) is 13.2. The van der Waals surface area contributed by atoms with E-state index in [9.17, 15) is 5.11 Å². The Bertz CT molecular complexity index is 553. The molecule has 3 nitrogen and oxygen atoms in total. The van der Waals surface area contributed by atoms with Gasteiger partial charge in [-0.3, -0.25) is 0 Å². The number of thiazole rings is 1. The normalized spacial score (nSPS) is 19.3. The molecule has 0 bridgehead atoms. The molecule has 1 aromatic carbocycles. The Morgan fingerprint density at radius 1 is 1.53 bits per heavy atom. The van der Waals surface area contributed by atoms with Crippen LogP contribution in [0.3, 0.4) is 0 Å². The van der Waals surface area contributed by atoms with E-state index < -0.39 is 0 Å². The second-order valence-electron chi connectivity index (χ2n) is 4.97. The van der Waals surface area contributed by atoms with Gasteiger partial charge in [-0.2, -0.15) is 0 Å². The van der Waals surface area contributed by atoms with Gasteiger partial charge in [-0.05, 0) is 42.5 Å². The predicted octanol–water partition coefficient (Wildman–Crippen LogP) is 3.58. The van der Waals surface area contributed by atoms with Gasteiger partial charge >= 0.3 is 0 Å². The Labute approximate surface area is 117 Å². The number of phenolic OH excluding ortho intramolecular Hbond substituents is 1. The van der Waals surface area contributed by atoms with E-state index in [-0.39, 0.29) is 0 Å². The van der Waals surface area contributed by atoms with Gasteiger partial charge in [0.15, 0.2) is 0 Å². The molecule has 1 aliphatic carbocycles. The number of rotatable bonds is 4. The van der Waals surface area contributed by atoms with E-state index in [4.69, 9.17) is 0 Å². The Balaban J connectivity index is 1.79. The molecule has 0 amide bonds. The van der Waals surface area contributed by atoms with Crippen molar-refractivity contribution in [1.82, 2.24) is 10.3 Å². The first-order valence-corrected chi connectivity index (χ1v) is 7.63. The van der Waals surface area contributed by atoms with Crippen LogP contribution >= 0.6 is 11.3 Å². The lowest BCUT2D eigenvalue weighted by molar-refractivity contribution is 0.431. The number of nitrogens with zero attached hydrogens (tertiary/aromatic N) is 1. The van der Waals surface area contributed by atoms with Crippen molar-refractivity contribution in [3.05, 3.63) is 45.9 Å². The number of phenols is 1. The highest BCUT2D eigenvalue weighted by molar-refractivity contribution is 7.09. The van der Waals surface area contributed by atoms with Gasteiger partial charge in [0.25, 0.3) is 0 Å². The van der Waals surface area contributed by atoms with E-state index in [1.807, 2.05) is 23.7 Å². The SMILES string of the molecule is CCC(NC1CCc2cc(O)ccc21)c1nccs1. The van der Waals surface area contributed by atoms with Crippen molar-refractivity contribution in [2.24, 2.45) is 0 Å². The number of hydrogen-bond acceptors (Lipinski definition) is 4. The van der Waals surface area contributed by atoms with Crippen LogP contribution in [0.2, 0.25) is 0 Å². The van der Waals surface area contributed by atoms with E-state index in [0.29, 0.717) is 17.8 Å². The Kier molecular flexibility index (Phi) is 3.53. The van der Waals surface area contributed by atoms with E-state index in [1.54, 1.807) is 17.4 Å². The van der Waals surface area contributed by atoms with Gasteiger partial charge in [-0.15, -0.1) is 11.3 Å². The lowest BCUT2D eigenvalue weighted by Crippen LogP contribution is -2.24. The second kappa shape index (κ2) is 5.31. The van der Waals surface area contributed by atoms with Crippen LogP contribution in [0, 0.1) is 0 Å². The summed E-state index contributed by atoms with van der Waals surface area (Å²) in [7, 11) is 0. The first-order chi connectivity index (χ1) is 9.28. The fraction of sp³-hybridized carbons (Fsp3) is 0.400. The molecule has 3 rings (SSSR count). The summed E-state index contributed by atoms with van der Waals surface area (Å²) in [4.78, 5) is 4.42. The fourth-order valence-corrected chi connectivity index (χ4v) is 3.57. The monoisotopic (exact) mass is 274 g/mol. The molecule has 1 heterocycles. The molecule has 0 radical (unpaired) electrons. The van der Waals surface area contributed by atoms with Crippen LogP contribution in [0.25, 0.3) is 0 Å². The predicted molar refractivity (Wildman–Crippen MR) is 77.5 cm³/mol. The zero-order valence-corrected chi connectivity index (χ0v) is 11.8. The number of aryl methyl sites for hydroxylation is 1. The standard InChI is InChI=1S/C15H18N2OS/c1-2-13(15-16-7-8-19-15)17-14-6-3-10-9-11(18)4-5-12(10)14/h4-5,7-9,13-14,17-18H,2-3,6H2,1H3. The summed E-state index contributed by atoms with van der Waals surface area (Å²) in [5.41, 5.74) is 2.60. The van der Waals surface area contributed by atoms with Crippen LogP contribution < -0.4 is 5.32 Å². The molecule has 1 aliphatic rings. The quantitative estimate of drug-likeness (QED) is 0.895. The summed E-state index contributed by atoms with van der Waals surface area (Å²) in [5, 5.41) is 16.4. The van der Waals surface area contributed by atoms with Crippen molar-refractivity contribution in [1.29, 1.82) is 0 Å². The van der Waals surface area contributed by atoms with Crippen LogP contribution in [-0.2, 0) is 6.42 Å². The number of nitrogens with one attached hydrogen (secondary N) is 1. The molecule has 1 aromatic heterocycles. The summed E-state index contributed by atoms with van der Waals surface area (Å²) < 4.78 is 0. The van der Waals surface area contributed by atoms with Gasteiger partial charge < -0.3 is 10.4 Å². The molecular weight excluding hydrogens is 256 g/mol. The summed E-state index contributed by atoms with van der Waals surface area (Å²) in [6.07, 6.45) is 5.04. The van der Waals surface area contributed by atoms with Crippen molar-refractivity contribution in [2.75, 3.05) is 0 Å². The van der Waals surface area contributed by atoms with Gasteiger partial charge in [0, 0.05) is 17.6 Å². The highest BCUT2D eigenvalue weighted by Gasteiger charge is 2.25. The molecule has 0 saturated carbocycles. The van der Waals surface area contributed by atoms with Gasteiger partial charge in [-0.1, -0.05) is 13.0 Å². The maximum Gasteiger partial charge on any atom is 0.115 e. The smallest absolute Gasteiger partial charge is 0.115 e. The van der Waals surface area contributed by atoms with Crippen molar-refractivity contribution >= 4 is 11.3 Å². The Morgan fingerprint density at radius 2 is 2.42 bits per heavy atom. The van der Waals surface area contributed by atoms with Gasteiger partial charge in [0.1, 0.15) is 10.8 Å². The summed E-state index contributed by atoms with van der Waals surface area (Å²) >= 11 is 1.71. The maximum absolute atomic E-state index is 9.53. The number of aromatic nitrogens is 1. The largest absolute Gasteiger partial charge is 0.508 e. The molecule has 19 heavy (non-hydrogen) atoms. The third-order valence-corrected chi connectivity index (χ3v) is 4.65. The van der Waals surface area contributed by atoms with Crippen LogP contribution in [0.15, 0.2) is 29.8 Å². The van der Waals surface area contributed by atoms with Crippen LogP contribution in [0.5, 0.6) is 5.75 Å². The highest BCUT2D eigenvalue weighted by Crippen LogP contribution is 2.35. The molecule has 0 fully saturated rings. The third kappa shape index (κ3) is 2.51. The third-order valence-electron chi connectivity index (χ3n) is 3.76. The molecular formula is C15H18N2OS. The minimum atomic E-state index is 0.324. The molecule has 2 aromatic rings. The van der Waals surface area contributed by atoms with Gasteiger partial charge in [0.2, 0.25) is 0 Å². The van der Waals surface area contributed by atoms with E-state index in [2.05, 4.69) is 17.2 Å². The molecule has 4 heteroatoms. The van der Waals surface area contributed by atoms with Crippen LogP contribution in [-0.4, -0.2) is 10.1 Å². The van der Waals surface area contributed by atoms with Crippen molar-refractivity contribution < 1.29 is 5.11 Å². The molecule has 0 aliphatic heterocycles. The molecule has 100 valence electrons. The average Bonchev–Trinajstić information content (AvgIpc) is 3.05. The lowest BCUT2D eigenvalue weighted by atomic mass is 10.1. The average molecular weight is 274 g/mol. The highest BCUT2D eigenvalue weighted by atomic mass is 32.1. The van der Waals surface area contributed by atoms with Crippen LogP contribution in [0.1, 0.15) is 48.0 Å². The van der Waals surface area contributed by atoms with Crippen LogP contribution in [0.4, 0.5) is 0 Å². The number of benzene rings is 1. The summed E-state index contributed by atoms with van der Waals surface area (Å²) in [5.74, 6) is 0.367. The Morgan fingerprint density at radius 3 is 3.16 bits per heavy atom. The first-order valence-electron chi connectivity index (χ1n) is 6.75. The second-order valence-corrected chi connectivity index (χ2v) is 5.90. The molecule has 2 N–H and O–H groups in total. The molecule has 0 spiro atoms. The molecule has 2 unspecified atom stereocenters. The number of aromatic hydroxyl groups is 1. The van der Waals surface area contributed by atoms with E-state index in [0.717, 1.165) is 24.3 Å². The summed E-state index contributed by atoms with van der Waals surface area (Å²) in [6, 6.07) is 6.42. The van der Waals surface area contributed by atoms with Crippen molar-refractivity contribution in [3.63, 3.8) is 0 Å². The molecule has 0 saturated heterocycles. The first kappa shape index (κ1) is 12.6. The van der Waals surface area contributed by atoms with Crippen molar-refractivity contribution in [2.45, 2.75) is 38.3 Å². The van der Waals surface area contributed by atoms with Crippen molar-refractivity contribution in [3.8, 4) is 5.75 Å². The zero-order valence-electron chi connectivity index (χ0n) is 11.0. The number of hydrogen-bond donors (Lipinski definition) is 2. The van der Waals surface area contributed by atoms with Gasteiger partial charge in [-0.25, -0.2) is 4.98 Å². The molecule has 2 atom stereocenters. The van der Waals surface area contributed by atoms with E-state index in [1.165, 1.54) is 11.1 Å². The fourth-order valence-electron chi connectivity index (χ4n) is 2.79. The topological polar surface area (TPSA) is 45.1 Å². The summed E-state index contributed by atoms with van der Waals surface area (Å²) in [6.45, 7) is 2.19. The minimum Gasteiger partial charge on any atom is -0.508 e. The van der Waals surface area contributed by atoms with Gasteiger partial charge in [0.05, 0.1) is 6.04 Å². The Hall–Kier alpha value is -1.39.